The molecule has 1 saturated heterocycles. The quantitative estimate of drug-likeness (QED) is 0.718. The molecule has 30 heavy (non-hydrogen) atoms. The molecule has 160 valence electrons. The third-order valence-electron chi connectivity index (χ3n) is 5.61. The van der Waals surface area contributed by atoms with Crippen LogP contribution in [-0.4, -0.2) is 63.4 Å². The Morgan fingerprint density at radius 3 is 2.27 bits per heavy atom. The van der Waals surface area contributed by atoms with E-state index in [0.29, 0.717) is 29.5 Å². The molecule has 0 atom stereocenters. The number of hydrogen-bond donors (Lipinski definition) is 0. The van der Waals surface area contributed by atoms with Crippen LogP contribution < -0.4 is 9.80 Å². The highest BCUT2D eigenvalue weighted by Crippen LogP contribution is 2.43. The molecule has 7 nitrogen and oxygen atoms in total. The average molecular weight is 449 g/mol. The molecule has 9 heteroatoms. The van der Waals surface area contributed by atoms with Gasteiger partial charge in [-0.15, -0.1) is 0 Å². The van der Waals surface area contributed by atoms with Crippen LogP contribution in [0.4, 0.5) is 16.2 Å². The van der Waals surface area contributed by atoms with Gasteiger partial charge in [0.05, 0.1) is 17.9 Å². The van der Waals surface area contributed by atoms with Gasteiger partial charge in [-0.3, -0.25) is 4.90 Å². The number of nitrogens with zero attached hydrogens (tertiary/aromatic N) is 4. The van der Waals surface area contributed by atoms with Gasteiger partial charge in [-0.05, 0) is 31.7 Å². The lowest BCUT2D eigenvalue weighted by Crippen LogP contribution is -2.51. The van der Waals surface area contributed by atoms with Gasteiger partial charge >= 0.3 is 6.03 Å². The smallest absolute Gasteiger partial charge is 0.338 e. The van der Waals surface area contributed by atoms with Gasteiger partial charge in [0.15, 0.2) is 0 Å². The van der Waals surface area contributed by atoms with E-state index in [2.05, 4.69) is 4.90 Å². The van der Waals surface area contributed by atoms with Crippen molar-refractivity contribution in [2.24, 2.45) is 0 Å². The maximum absolute atomic E-state index is 13.5. The molecule has 2 aromatic carbocycles. The summed E-state index contributed by atoms with van der Waals surface area (Å²) >= 11 is 6.43. The first-order valence-electron chi connectivity index (χ1n) is 9.98. The Labute approximate surface area is 182 Å². The molecular weight excluding hydrogens is 424 g/mol. The molecule has 2 aliphatic rings. The van der Waals surface area contributed by atoms with Gasteiger partial charge in [0.25, 0.3) is 10.0 Å². The molecule has 2 amide bonds. The summed E-state index contributed by atoms with van der Waals surface area (Å²) < 4.78 is 27.9. The SMILES string of the molecule is CCN1C(=O)N(Cc2ccccc2)c2cc(Cl)cc(N3CCN(C)CC3)c2S1(=O)=O. The Morgan fingerprint density at radius 2 is 1.63 bits per heavy atom. The molecule has 2 heterocycles. The van der Waals surface area contributed by atoms with Crippen molar-refractivity contribution in [2.45, 2.75) is 18.4 Å². The van der Waals surface area contributed by atoms with Gasteiger partial charge in [-0.25, -0.2) is 17.5 Å². The summed E-state index contributed by atoms with van der Waals surface area (Å²) in [5.41, 5.74) is 1.82. The lowest BCUT2D eigenvalue weighted by atomic mass is 10.1. The zero-order valence-corrected chi connectivity index (χ0v) is 18.7. The van der Waals surface area contributed by atoms with Crippen LogP contribution in [0.25, 0.3) is 0 Å². The third-order valence-corrected chi connectivity index (χ3v) is 7.76. The van der Waals surface area contributed by atoms with E-state index in [0.717, 1.165) is 23.0 Å². The van der Waals surface area contributed by atoms with Crippen molar-refractivity contribution < 1.29 is 13.2 Å². The summed E-state index contributed by atoms with van der Waals surface area (Å²) in [5, 5.41) is 0.411. The van der Waals surface area contributed by atoms with Crippen molar-refractivity contribution in [1.29, 1.82) is 0 Å². The molecule has 0 bridgehead atoms. The molecule has 0 saturated carbocycles. The first-order valence-corrected chi connectivity index (χ1v) is 11.8. The van der Waals surface area contributed by atoms with Gasteiger partial charge in [0.2, 0.25) is 0 Å². The number of anilines is 2. The summed E-state index contributed by atoms with van der Waals surface area (Å²) in [4.78, 5) is 19.1. The number of rotatable bonds is 4. The zero-order valence-electron chi connectivity index (χ0n) is 17.1. The monoisotopic (exact) mass is 448 g/mol. The predicted octanol–water partition coefficient (Wildman–Crippen LogP) is 3.24. The molecule has 0 radical (unpaired) electrons. The van der Waals surface area contributed by atoms with E-state index >= 15 is 0 Å². The van der Waals surface area contributed by atoms with Crippen LogP contribution in [0.5, 0.6) is 0 Å². The molecule has 0 unspecified atom stereocenters. The summed E-state index contributed by atoms with van der Waals surface area (Å²) in [7, 11) is -1.95. The van der Waals surface area contributed by atoms with Crippen LogP contribution in [0.1, 0.15) is 12.5 Å². The van der Waals surface area contributed by atoms with Crippen LogP contribution in [-0.2, 0) is 16.6 Å². The van der Waals surface area contributed by atoms with Crippen LogP contribution in [0.15, 0.2) is 47.4 Å². The first kappa shape index (κ1) is 21.0. The lowest BCUT2D eigenvalue weighted by molar-refractivity contribution is 0.228. The van der Waals surface area contributed by atoms with Crippen molar-refractivity contribution >= 4 is 39.0 Å². The van der Waals surface area contributed by atoms with Crippen LogP contribution in [0.2, 0.25) is 5.02 Å². The van der Waals surface area contributed by atoms with Gasteiger partial charge in [0, 0.05) is 37.7 Å². The standard InChI is InChI=1S/C21H25ClN4O3S/c1-3-26-21(27)25(15-16-7-5-4-6-8-16)19-14-17(22)13-18(20(19)30(26,28)29)24-11-9-23(2)10-12-24/h4-8,13-14H,3,9-12,15H2,1-2H3. The molecule has 4 rings (SSSR count). The normalized spacial score (nSPS) is 19.2. The number of hydrogen-bond acceptors (Lipinski definition) is 5. The number of sulfonamides is 1. The fraction of sp³-hybridized carbons (Fsp3) is 0.381. The van der Waals surface area contributed by atoms with Crippen molar-refractivity contribution in [3.8, 4) is 0 Å². The first-order chi connectivity index (χ1) is 14.3. The van der Waals surface area contributed by atoms with Crippen molar-refractivity contribution in [1.82, 2.24) is 9.21 Å². The van der Waals surface area contributed by atoms with Crippen molar-refractivity contribution in [2.75, 3.05) is 49.6 Å². The second-order valence-electron chi connectivity index (χ2n) is 7.59. The van der Waals surface area contributed by atoms with Gasteiger partial charge < -0.3 is 9.80 Å². The second-order valence-corrected chi connectivity index (χ2v) is 9.82. The molecule has 0 aliphatic carbocycles. The third kappa shape index (κ3) is 3.64. The van der Waals surface area contributed by atoms with E-state index in [1.807, 2.05) is 42.3 Å². The average Bonchev–Trinajstić information content (AvgIpc) is 2.72. The number of carbonyl (C=O) groups excluding carboxylic acids is 1. The van der Waals surface area contributed by atoms with Gasteiger partial charge in [-0.2, -0.15) is 0 Å². The van der Waals surface area contributed by atoms with E-state index in [9.17, 15) is 13.2 Å². The van der Waals surface area contributed by atoms with Gasteiger partial charge in [-0.1, -0.05) is 41.9 Å². The van der Waals surface area contributed by atoms with Crippen LogP contribution in [0, 0.1) is 0 Å². The molecule has 0 N–H and O–H groups in total. The molecule has 0 aromatic heterocycles. The Kier molecular flexibility index (Phi) is 5.65. The topological polar surface area (TPSA) is 64.2 Å². The van der Waals surface area contributed by atoms with Crippen molar-refractivity contribution in [3.05, 3.63) is 53.1 Å². The van der Waals surface area contributed by atoms with Crippen LogP contribution >= 0.6 is 11.6 Å². The molecule has 1 fully saturated rings. The Balaban J connectivity index is 1.88. The minimum atomic E-state index is -3.99. The number of benzene rings is 2. The summed E-state index contributed by atoms with van der Waals surface area (Å²) in [5.74, 6) is 0. The van der Waals surface area contributed by atoms with E-state index in [4.69, 9.17) is 11.6 Å². The highest BCUT2D eigenvalue weighted by molar-refractivity contribution is 7.90. The number of fused-ring (bicyclic) bond motifs is 1. The zero-order chi connectivity index (χ0) is 21.5. The fourth-order valence-electron chi connectivity index (χ4n) is 3.99. The number of likely N-dealkylation sites (N-methyl/N-ethyl adjacent to an activating group) is 1. The maximum Gasteiger partial charge on any atom is 0.338 e. The summed E-state index contributed by atoms with van der Waals surface area (Å²) in [6, 6.07) is 12.3. The van der Waals surface area contributed by atoms with Crippen molar-refractivity contribution in [3.63, 3.8) is 0 Å². The van der Waals surface area contributed by atoms with E-state index < -0.39 is 16.1 Å². The number of halogens is 1. The summed E-state index contributed by atoms with van der Waals surface area (Å²) in [6.45, 7) is 5.04. The summed E-state index contributed by atoms with van der Waals surface area (Å²) in [6.07, 6.45) is 0. The maximum atomic E-state index is 13.5. The molecule has 0 spiro atoms. The molecule has 2 aromatic rings. The van der Waals surface area contributed by atoms with E-state index in [1.165, 1.54) is 4.90 Å². The highest BCUT2D eigenvalue weighted by atomic mass is 35.5. The number of piperazine rings is 1. The number of amides is 2. The van der Waals surface area contributed by atoms with Crippen LogP contribution in [0.3, 0.4) is 0 Å². The number of carbonyl (C=O) groups is 1. The Bertz CT molecular complexity index is 1050. The Morgan fingerprint density at radius 1 is 1.00 bits per heavy atom. The molecule has 2 aliphatic heterocycles. The second kappa shape index (κ2) is 8.09. The van der Waals surface area contributed by atoms with E-state index in [-0.39, 0.29) is 18.0 Å². The lowest BCUT2D eigenvalue weighted by Gasteiger charge is -2.40. The Hall–Kier alpha value is -2.29. The fourth-order valence-corrected chi connectivity index (χ4v) is 5.94. The van der Waals surface area contributed by atoms with Gasteiger partial charge in [0.1, 0.15) is 4.90 Å². The minimum Gasteiger partial charge on any atom is -0.368 e. The predicted molar refractivity (Wildman–Crippen MR) is 119 cm³/mol. The minimum absolute atomic E-state index is 0.0662. The highest BCUT2D eigenvalue weighted by Gasteiger charge is 2.43. The number of urea groups is 1. The largest absolute Gasteiger partial charge is 0.368 e. The molecular formula is C21H25ClN4O3S. The van der Waals surface area contributed by atoms with E-state index in [1.54, 1.807) is 19.1 Å².